The third-order valence-electron chi connectivity index (χ3n) is 3.69. The molecule has 0 radical (unpaired) electrons. The fraction of sp³-hybridized carbons (Fsp3) is 0.167. The number of rotatable bonds is 7. The standard InChI is InChI=1S/C18H17N3O5S2/c1-28(24,25)21(16-4-2-3-9-19-16)10-11-26-14-7-5-13(6-8-14)12-15-17(22)20-18(23)27-15/h2-9,12H,10-11H2,1H3,(H,20,22,23). The van der Waals surface area contributed by atoms with Crippen LogP contribution in [0.2, 0.25) is 0 Å². The SMILES string of the molecule is CS(=O)(=O)N(CCOc1ccc(C=C2SC(=O)NC2=O)cc1)c1ccccn1. The van der Waals surface area contributed by atoms with E-state index in [9.17, 15) is 18.0 Å². The van der Waals surface area contributed by atoms with Gasteiger partial charge in [-0.3, -0.25) is 19.2 Å². The maximum absolute atomic E-state index is 12.0. The number of pyridine rings is 1. The summed E-state index contributed by atoms with van der Waals surface area (Å²) in [5.41, 5.74) is 0.742. The topological polar surface area (TPSA) is 106 Å². The van der Waals surface area contributed by atoms with E-state index in [4.69, 9.17) is 4.74 Å². The molecule has 2 aromatic rings. The van der Waals surface area contributed by atoms with Crippen molar-refractivity contribution in [3.63, 3.8) is 0 Å². The van der Waals surface area contributed by atoms with E-state index in [1.54, 1.807) is 48.5 Å². The highest BCUT2D eigenvalue weighted by Crippen LogP contribution is 2.26. The van der Waals surface area contributed by atoms with Crippen LogP contribution in [0.4, 0.5) is 10.6 Å². The van der Waals surface area contributed by atoms with Crippen molar-refractivity contribution in [1.29, 1.82) is 0 Å². The molecule has 0 unspecified atom stereocenters. The van der Waals surface area contributed by atoms with E-state index in [2.05, 4.69) is 10.3 Å². The minimum atomic E-state index is -3.49. The third kappa shape index (κ3) is 5.11. The van der Waals surface area contributed by atoms with Crippen LogP contribution >= 0.6 is 11.8 Å². The maximum atomic E-state index is 12.0. The highest BCUT2D eigenvalue weighted by atomic mass is 32.2. The van der Waals surface area contributed by atoms with Crippen LogP contribution < -0.4 is 14.4 Å². The first-order chi connectivity index (χ1) is 13.3. The molecule has 1 aromatic carbocycles. The van der Waals surface area contributed by atoms with Gasteiger partial charge >= 0.3 is 0 Å². The highest BCUT2D eigenvalue weighted by molar-refractivity contribution is 8.18. The minimum Gasteiger partial charge on any atom is -0.492 e. The summed E-state index contributed by atoms with van der Waals surface area (Å²) in [4.78, 5) is 27.1. The van der Waals surface area contributed by atoms with E-state index < -0.39 is 15.9 Å². The molecular formula is C18H17N3O5S2. The van der Waals surface area contributed by atoms with Crippen LogP contribution in [0, 0.1) is 0 Å². The first kappa shape index (κ1) is 19.9. The summed E-state index contributed by atoms with van der Waals surface area (Å²) < 4.78 is 30.8. The van der Waals surface area contributed by atoms with E-state index in [1.165, 1.54) is 10.5 Å². The second-order valence-corrected chi connectivity index (χ2v) is 8.71. The fourth-order valence-electron chi connectivity index (χ4n) is 2.43. The van der Waals surface area contributed by atoms with Crippen molar-refractivity contribution < 1.29 is 22.7 Å². The Kier molecular flexibility index (Phi) is 6.00. The first-order valence-corrected chi connectivity index (χ1v) is 10.9. The number of hydrogen-bond donors (Lipinski definition) is 1. The van der Waals surface area contributed by atoms with Gasteiger partial charge in [-0.05, 0) is 47.7 Å². The van der Waals surface area contributed by atoms with Crippen LogP contribution in [0.3, 0.4) is 0 Å². The molecule has 0 spiro atoms. The van der Waals surface area contributed by atoms with E-state index in [0.717, 1.165) is 23.6 Å². The minimum absolute atomic E-state index is 0.112. The molecule has 10 heteroatoms. The van der Waals surface area contributed by atoms with E-state index in [-0.39, 0.29) is 18.4 Å². The number of ether oxygens (including phenoxy) is 1. The molecule has 1 saturated heterocycles. The Balaban J connectivity index is 1.61. The number of nitrogens with zero attached hydrogens (tertiary/aromatic N) is 2. The van der Waals surface area contributed by atoms with Crippen molar-refractivity contribution in [2.45, 2.75) is 0 Å². The van der Waals surface area contributed by atoms with Crippen molar-refractivity contribution in [3.05, 3.63) is 59.1 Å². The molecule has 146 valence electrons. The summed E-state index contributed by atoms with van der Waals surface area (Å²) in [6.07, 6.45) is 4.26. The number of sulfonamides is 1. The highest BCUT2D eigenvalue weighted by Gasteiger charge is 2.24. The van der Waals surface area contributed by atoms with E-state index >= 15 is 0 Å². The number of benzene rings is 1. The molecule has 1 fully saturated rings. The molecule has 28 heavy (non-hydrogen) atoms. The van der Waals surface area contributed by atoms with Crippen molar-refractivity contribution in [2.24, 2.45) is 0 Å². The van der Waals surface area contributed by atoms with Gasteiger partial charge in [-0.25, -0.2) is 13.4 Å². The van der Waals surface area contributed by atoms with Gasteiger partial charge < -0.3 is 4.74 Å². The Morgan fingerprint density at radius 2 is 1.93 bits per heavy atom. The maximum Gasteiger partial charge on any atom is 0.290 e. The number of anilines is 1. The summed E-state index contributed by atoms with van der Waals surface area (Å²) in [5.74, 6) is 0.472. The molecule has 2 heterocycles. The van der Waals surface area contributed by atoms with Gasteiger partial charge in [-0.15, -0.1) is 0 Å². The number of thioether (sulfide) groups is 1. The van der Waals surface area contributed by atoms with Crippen LogP contribution in [0.1, 0.15) is 5.56 Å². The number of carbonyl (C=O) groups excluding carboxylic acids is 2. The number of aromatic nitrogens is 1. The molecule has 8 nitrogen and oxygen atoms in total. The lowest BCUT2D eigenvalue weighted by Crippen LogP contribution is -2.34. The van der Waals surface area contributed by atoms with Gasteiger partial charge in [-0.2, -0.15) is 0 Å². The Morgan fingerprint density at radius 1 is 1.18 bits per heavy atom. The van der Waals surface area contributed by atoms with E-state index in [0.29, 0.717) is 16.5 Å². The monoisotopic (exact) mass is 419 g/mol. The lowest BCUT2D eigenvalue weighted by Gasteiger charge is -2.21. The summed E-state index contributed by atoms with van der Waals surface area (Å²) in [6, 6.07) is 11.9. The molecule has 0 saturated carbocycles. The predicted molar refractivity (Wildman–Crippen MR) is 107 cm³/mol. The molecule has 0 aliphatic carbocycles. The van der Waals surface area contributed by atoms with Gasteiger partial charge in [-0.1, -0.05) is 18.2 Å². The van der Waals surface area contributed by atoms with Gasteiger partial charge in [0.25, 0.3) is 11.1 Å². The van der Waals surface area contributed by atoms with Crippen LogP contribution in [0.15, 0.2) is 53.6 Å². The normalized spacial score (nSPS) is 15.5. The van der Waals surface area contributed by atoms with Crippen molar-refractivity contribution >= 4 is 44.8 Å². The Bertz CT molecular complexity index is 1010. The summed E-state index contributed by atoms with van der Waals surface area (Å²) in [7, 11) is -3.49. The Morgan fingerprint density at radius 3 is 2.50 bits per heavy atom. The lowest BCUT2D eigenvalue weighted by atomic mass is 10.2. The van der Waals surface area contributed by atoms with Crippen molar-refractivity contribution in [3.8, 4) is 5.75 Å². The largest absolute Gasteiger partial charge is 0.492 e. The first-order valence-electron chi connectivity index (χ1n) is 8.19. The van der Waals surface area contributed by atoms with Gasteiger partial charge in [0.2, 0.25) is 10.0 Å². The molecule has 0 bridgehead atoms. The average molecular weight is 419 g/mol. The van der Waals surface area contributed by atoms with Gasteiger partial charge in [0.05, 0.1) is 17.7 Å². The molecule has 2 amide bonds. The molecular weight excluding hydrogens is 402 g/mol. The number of carbonyl (C=O) groups is 2. The van der Waals surface area contributed by atoms with Gasteiger partial charge in [0, 0.05) is 6.20 Å². The number of imide groups is 1. The van der Waals surface area contributed by atoms with E-state index in [1.807, 2.05) is 0 Å². The summed E-state index contributed by atoms with van der Waals surface area (Å²) >= 11 is 0.852. The predicted octanol–water partition coefficient (Wildman–Crippen LogP) is 2.25. The average Bonchev–Trinajstić information content (AvgIpc) is 2.97. The molecule has 1 aromatic heterocycles. The zero-order valence-electron chi connectivity index (χ0n) is 14.9. The fourth-order valence-corrected chi connectivity index (χ4v) is 3.97. The quantitative estimate of drug-likeness (QED) is 0.686. The summed E-state index contributed by atoms with van der Waals surface area (Å²) in [5, 5.41) is 1.81. The number of hydrogen-bond acceptors (Lipinski definition) is 7. The molecule has 1 N–H and O–H groups in total. The molecule has 1 aliphatic rings. The second-order valence-electron chi connectivity index (χ2n) is 5.79. The molecule has 0 atom stereocenters. The smallest absolute Gasteiger partial charge is 0.290 e. The Hall–Kier alpha value is -2.85. The van der Waals surface area contributed by atoms with Crippen LogP contribution in [0.5, 0.6) is 5.75 Å². The van der Waals surface area contributed by atoms with Crippen molar-refractivity contribution in [1.82, 2.24) is 10.3 Å². The van der Waals surface area contributed by atoms with Crippen LogP contribution in [0.25, 0.3) is 6.08 Å². The van der Waals surface area contributed by atoms with Gasteiger partial charge in [0.1, 0.15) is 18.2 Å². The molecule has 1 aliphatic heterocycles. The van der Waals surface area contributed by atoms with Gasteiger partial charge in [0.15, 0.2) is 0 Å². The Labute approximate surface area is 166 Å². The van der Waals surface area contributed by atoms with Crippen LogP contribution in [-0.2, 0) is 14.8 Å². The summed E-state index contributed by atoms with van der Waals surface area (Å²) in [6.45, 7) is 0.247. The number of amides is 2. The lowest BCUT2D eigenvalue weighted by molar-refractivity contribution is -0.115. The third-order valence-corrected chi connectivity index (χ3v) is 5.67. The molecule has 3 rings (SSSR count). The second kappa shape index (κ2) is 8.44. The zero-order valence-corrected chi connectivity index (χ0v) is 16.5. The van der Waals surface area contributed by atoms with Crippen LogP contribution in [-0.4, -0.2) is 44.0 Å². The van der Waals surface area contributed by atoms with Crippen molar-refractivity contribution in [2.75, 3.05) is 23.7 Å². The number of nitrogens with one attached hydrogen (secondary N) is 1. The zero-order chi connectivity index (χ0) is 20.1.